The van der Waals surface area contributed by atoms with Gasteiger partial charge in [-0.2, -0.15) is 5.26 Å². The average Bonchev–Trinajstić information content (AvgIpc) is 2.33. The fourth-order valence-electron chi connectivity index (χ4n) is 2.18. The lowest BCUT2D eigenvalue weighted by molar-refractivity contribution is 0.192. The third-order valence-electron chi connectivity index (χ3n) is 3.81. The summed E-state index contributed by atoms with van der Waals surface area (Å²) < 4.78 is 0. The zero-order chi connectivity index (χ0) is 12.5. The van der Waals surface area contributed by atoms with E-state index in [4.69, 9.17) is 5.26 Å². The van der Waals surface area contributed by atoms with Gasteiger partial charge in [-0.25, -0.2) is 9.97 Å². The maximum atomic E-state index is 8.71. The molecule has 1 aliphatic heterocycles. The van der Waals surface area contributed by atoms with Gasteiger partial charge in [-0.15, -0.1) is 0 Å². The van der Waals surface area contributed by atoms with Crippen LogP contribution in [-0.2, 0) is 0 Å². The topological polar surface area (TPSA) is 52.8 Å². The summed E-state index contributed by atoms with van der Waals surface area (Å²) in [5.41, 5.74) is 0.800. The zero-order valence-corrected chi connectivity index (χ0v) is 10.6. The van der Waals surface area contributed by atoms with Crippen LogP contribution in [0.2, 0.25) is 0 Å². The van der Waals surface area contributed by atoms with Crippen LogP contribution in [0.15, 0.2) is 12.4 Å². The van der Waals surface area contributed by atoms with Crippen molar-refractivity contribution in [2.24, 2.45) is 11.3 Å². The summed E-state index contributed by atoms with van der Waals surface area (Å²) in [7, 11) is 0. The number of nitrogens with zero attached hydrogens (tertiary/aromatic N) is 4. The number of rotatable bonds is 1. The van der Waals surface area contributed by atoms with Gasteiger partial charge in [0.15, 0.2) is 0 Å². The monoisotopic (exact) mass is 230 g/mol. The van der Waals surface area contributed by atoms with Crippen LogP contribution in [0.4, 0.5) is 5.95 Å². The van der Waals surface area contributed by atoms with E-state index >= 15 is 0 Å². The van der Waals surface area contributed by atoms with Gasteiger partial charge in [0.25, 0.3) is 0 Å². The molecule has 17 heavy (non-hydrogen) atoms. The first kappa shape index (κ1) is 11.8. The molecule has 1 aromatic heterocycles. The molecule has 2 heterocycles. The SMILES string of the molecule is CC1CCN(c2ncc(C#N)cn2)CC1(C)C. The van der Waals surface area contributed by atoms with Crippen LogP contribution in [0.5, 0.6) is 0 Å². The van der Waals surface area contributed by atoms with Crippen molar-refractivity contribution in [1.82, 2.24) is 9.97 Å². The van der Waals surface area contributed by atoms with Crippen LogP contribution < -0.4 is 4.90 Å². The smallest absolute Gasteiger partial charge is 0.225 e. The van der Waals surface area contributed by atoms with Gasteiger partial charge in [0, 0.05) is 13.1 Å². The van der Waals surface area contributed by atoms with Gasteiger partial charge in [0.1, 0.15) is 6.07 Å². The predicted octanol–water partition coefficient (Wildman–Crippen LogP) is 2.22. The minimum Gasteiger partial charge on any atom is -0.340 e. The summed E-state index contributed by atoms with van der Waals surface area (Å²) in [5.74, 6) is 1.46. The van der Waals surface area contributed by atoms with Crippen LogP contribution in [0.25, 0.3) is 0 Å². The van der Waals surface area contributed by atoms with E-state index in [0.29, 0.717) is 5.56 Å². The molecular formula is C13H18N4. The second kappa shape index (κ2) is 4.33. The first-order valence-corrected chi connectivity index (χ1v) is 6.00. The van der Waals surface area contributed by atoms with Crippen molar-refractivity contribution in [1.29, 1.82) is 5.26 Å². The van der Waals surface area contributed by atoms with Gasteiger partial charge < -0.3 is 4.90 Å². The molecule has 0 N–H and O–H groups in total. The molecule has 0 bridgehead atoms. The first-order valence-electron chi connectivity index (χ1n) is 6.00. The van der Waals surface area contributed by atoms with Crippen LogP contribution >= 0.6 is 0 Å². The Kier molecular flexibility index (Phi) is 3.01. The van der Waals surface area contributed by atoms with Gasteiger partial charge in [0.05, 0.1) is 18.0 Å². The Bertz CT molecular complexity index is 430. The zero-order valence-electron chi connectivity index (χ0n) is 10.6. The Morgan fingerprint density at radius 2 is 2.06 bits per heavy atom. The Labute approximate surface area is 102 Å². The van der Waals surface area contributed by atoms with Gasteiger partial charge in [-0.1, -0.05) is 20.8 Å². The summed E-state index contributed by atoms with van der Waals surface area (Å²) in [6.07, 6.45) is 4.34. The molecule has 0 spiro atoms. The van der Waals surface area contributed by atoms with Gasteiger partial charge in [-0.05, 0) is 17.8 Å². The van der Waals surface area contributed by atoms with E-state index in [1.807, 2.05) is 6.07 Å². The summed E-state index contributed by atoms with van der Waals surface area (Å²) in [6.45, 7) is 8.84. The molecule has 1 aromatic rings. The highest BCUT2D eigenvalue weighted by molar-refractivity contribution is 5.34. The van der Waals surface area contributed by atoms with Gasteiger partial charge >= 0.3 is 0 Å². The van der Waals surface area contributed by atoms with Crippen LogP contribution in [-0.4, -0.2) is 23.1 Å². The van der Waals surface area contributed by atoms with Gasteiger partial charge in [-0.3, -0.25) is 0 Å². The minimum absolute atomic E-state index is 0.287. The summed E-state index contributed by atoms with van der Waals surface area (Å²) in [6, 6.07) is 2.04. The lowest BCUT2D eigenvalue weighted by Gasteiger charge is -2.42. The molecule has 1 unspecified atom stereocenters. The van der Waals surface area contributed by atoms with E-state index in [0.717, 1.165) is 31.4 Å². The fraction of sp³-hybridized carbons (Fsp3) is 0.615. The van der Waals surface area contributed by atoms with Crippen LogP contribution in [0.3, 0.4) is 0 Å². The maximum Gasteiger partial charge on any atom is 0.225 e. The molecule has 90 valence electrons. The van der Waals surface area contributed by atoms with E-state index in [1.54, 1.807) is 12.4 Å². The second-order valence-corrected chi connectivity index (χ2v) is 5.48. The second-order valence-electron chi connectivity index (χ2n) is 5.48. The molecule has 1 aliphatic rings. The van der Waals surface area contributed by atoms with Crippen molar-refractivity contribution in [3.63, 3.8) is 0 Å². The number of anilines is 1. The molecule has 0 radical (unpaired) electrons. The van der Waals surface area contributed by atoms with E-state index in [2.05, 4.69) is 35.6 Å². The Morgan fingerprint density at radius 1 is 1.41 bits per heavy atom. The van der Waals surface area contributed by atoms with E-state index < -0.39 is 0 Å². The standard InChI is InChI=1S/C13H18N4/c1-10-4-5-17(9-13(10,2)3)12-15-7-11(6-14)8-16-12/h7-8,10H,4-5,9H2,1-3H3. The maximum absolute atomic E-state index is 8.71. The Balaban J connectivity index is 2.15. The normalized spacial score (nSPS) is 23.2. The molecule has 2 rings (SSSR count). The molecule has 1 atom stereocenters. The third kappa shape index (κ3) is 2.38. The van der Waals surface area contributed by atoms with Crippen molar-refractivity contribution in [2.45, 2.75) is 27.2 Å². The molecular weight excluding hydrogens is 212 g/mol. The molecule has 0 saturated carbocycles. The van der Waals surface area contributed by atoms with E-state index in [9.17, 15) is 0 Å². The predicted molar refractivity (Wildman–Crippen MR) is 66.5 cm³/mol. The molecule has 1 saturated heterocycles. The molecule has 4 heteroatoms. The number of aromatic nitrogens is 2. The van der Waals surface area contributed by atoms with Gasteiger partial charge in [0.2, 0.25) is 5.95 Å². The quantitative estimate of drug-likeness (QED) is 0.742. The molecule has 0 aromatic carbocycles. The van der Waals surface area contributed by atoms with E-state index in [-0.39, 0.29) is 5.41 Å². The van der Waals surface area contributed by atoms with Crippen molar-refractivity contribution in [3.8, 4) is 6.07 Å². The van der Waals surface area contributed by atoms with Crippen LogP contribution in [0, 0.1) is 22.7 Å². The average molecular weight is 230 g/mol. The van der Waals surface area contributed by atoms with E-state index in [1.165, 1.54) is 0 Å². The fourth-order valence-corrected chi connectivity index (χ4v) is 2.18. The first-order chi connectivity index (χ1) is 8.03. The molecule has 1 fully saturated rings. The number of piperidine rings is 1. The highest BCUT2D eigenvalue weighted by Crippen LogP contribution is 2.35. The summed E-state index contributed by atoms with van der Waals surface area (Å²) in [5, 5.41) is 8.71. The minimum atomic E-state index is 0.287. The highest BCUT2D eigenvalue weighted by atomic mass is 15.3. The third-order valence-corrected chi connectivity index (χ3v) is 3.81. The molecule has 0 amide bonds. The number of hydrogen-bond donors (Lipinski definition) is 0. The van der Waals surface area contributed by atoms with Crippen molar-refractivity contribution >= 4 is 5.95 Å². The largest absolute Gasteiger partial charge is 0.340 e. The summed E-state index contributed by atoms with van der Waals surface area (Å²) >= 11 is 0. The molecule has 0 aliphatic carbocycles. The lowest BCUT2D eigenvalue weighted by Crippen LogP contribution is -2.45. The van der Waals surface area contributed by atoms with Crippen LogP contribution in [0.1, 0.15) is 32.8 Å². The van der Waals surface area contributed by atoms with Crippen molar-refractivity contribution in [2.75, 3.05) is 18.0 Å². The Morgan fingerprint density at radius 3 is 2.59 bits per heavy atom. The van der Waals surface area contributed by atoms with Crippen molar-refractivity contribution < 1.29 is 0 Å². The number of nitriles is 1. The Hall–Kier alpha value is -1.63. The lowest BCUT2D eigenvalue weighted by atomic mass is 9.75. The number of hydrogen-bond acceptors (Lipinski definition) is 4. The highest BCUT2D eigenvalue weighted by Gasteiger charge is 2.33. The molecule has 4 nitrogen and oxygen atoms in total. The van der Waals surface area contributed by atoms with Crippen molar-refractivity contribution in [3.05, 3.63) is 18.0 Å². The summed E-state index contributed by atoms with van der Waals surface area (Å²) in [4.78, 5) is 10.7.